The van der Waals surface area contributed by atoms with Gasteiger partial charge in [-0.25, -0.2) is 4.98 Å². The van der Waals surface area contributed by atoms with E-state index < -0.39 is 0 Å². The van der Waals surface area contributed by atoms with Gasteiger partial charge < -0.3 is 5.11 Å². The van der Waals surface area contributed by atoms with Crippen LogP contribution in [0.15, 0.2) is 35.8 Å². The second-order valence-electron chi connectivity index (χ2n) is 4.52. The lowest BCUT2D eigenvalue weighted by Crippen LogP contribution is -2.24. The van der Waals surface area contributed by atoms with Crippen molar-refractivity contribution >= 4 is 11.3 Å². The second kappa shape index (κ2) is 7.68. The van der Waals surface area contributed by atoms with Crippen LogP contribution in [0.1, 0.15) is 23.9 Å². The molecule has 0 aliphatic rings. The summed E-state index contributed by atoms with van der Waals surface area (Å²) in [6, 6.07) is 7.39. The van der Waals surface area contributed by atoms with Crippen molar-refractivity contribution in [3.63, 3.8) is 0 Å². The standard InChI is InChI=1S/C16H18N2OS/c1-2-9-18(10-4-7-16-17-8-11-20-16)13-14-5-3-6-15(19)12-14/h3,5-6,8,11-12,19H,2,9-10,13H2,1H3. The van der Waals surface area contributed by atoms with Crippen molar-refractivity contribution in [1.29, 1.82) is 0 Å². The molecule has 2 rings (SSSR count). The van der Waals surface area contributed by atoms with Gasteiger partial charge in [-0.15, -0.1) is 11.3 Å². The summed E-state index contributed by atoms with van der Waals surface area (Å²) in [5.74, 6) is 6.56. The zero-order chi connectivity index (χ0) is 14.2. The SMILES string of the molecule is CCCN(CC#Cc1nccs1)Cc1cccc(O)c1. The molecule has 20 heavy (non-hydrogen) atoms. The molecule has 1 aromatic heterocycles. The minimum atomic E-state index is 0.313. The third kappa shape index (κ3) is 4.69. The van der Waals surface area contributed by atoms with E-state index in [2.05, 4.69) is 28.6 Å². The smallest absolute Gasteiger partial charge is 0.166 e. The van der Waals surface area contributed by atoms with E-state index in [1.54, 1.807) is 29.7 Å². The first kappa shape index (κ1) is 14.6. The van der Waals surface area contributed by atoms with Gasteiger partial charge in [0.15, 0.2) is 5.01 Å². The van der Waals surface area contributed by atoms with Crippen molar-refractivity contribution in [2.45, 2.75) is 19.9 Å². The lowest BCUT2D eigenvalue weighted by atomic mass is 10.2. The van der Waals surface area contributed by atoms with Crippen LogP contribution in [-0.2, 0) is 6.54 Å². The van der Waals surface area contributed by atoms with Crippen molar-refractivity contribution < 1.29 is 5.11 Å². The fourth-order valence-corrected chi connectivity index (χ4v) is 2.46. The monoisotopic (exact) mass is 286 g/mol. The third-order valence-electron chi connectivity index (χ3n) is 2.79. The minimum Gasteiger partial charge on any atom is -0.508 e. The number of phenolic OH excluding ortho intramolecular Hbond substituents is 1. The molecule has 4 heteroatoms. The van der Waals surface area contributed by atoms with Gasteiger partial charge in [-0.05, 0) is 36.6 Å². The molecule has 0 bridgehead atoms. The molecule has 3 nitrogen and oxygen atoms in total. The summed E-state index contributed by atoms with van der Waals surface area (Å²) in [6.07, 6.45) is 2.85. The Morgan fingerprint density at radius 2 is 2.30 bits per heavy atom. The number of thiazole rings is 1. The largest absolute Gasteiger partial charge is 0.508 e. The van der Waals surface area contributed by atoms with E-state index in [0.717, 1.165) is 30.1 Å². The molecule has 1 aromatic carbocycles. The number of nitrogens with zero attached hydrogens (tertiary/aromatic N) is 2. The molecule has 1 N–H and O–H groups in total. The number of hydrogen-bond donors (Lipinski definition) is 1. The first-order valence-corrected chi connectivity index (χ1v) is 7.54. The van der Waals surface area contributed by atoms with E-state index in [4.69, 9.17) is 0 Å². The van der Waals surface area contributed by atoms with E-state index in [1.807, 2.05) is 17.5 Å². The van der Waals surface area contributed by atoms with E-state index in [0.29, 0.717) is 12.3 Å². The molecule has 0 fully saturated rings. The Morgan fingerprint density at radius 1 is 1.40 bits per heavy atom. The van der Waals surface area contributed by atoms with E-state index in [1.165, 1.54) is 0 Å². The average Bonchev–Trinajstić information content (AvgIpc) is 2.92. The molecule has 1 heterocycles. The number of rotatable bonds is 5. The Labute approximate surface area is 123 Å². The van der Waals surface area contributed by atoms with Crippen molar-refractivity contribution in [3.05, 3.63) is 46.4 Å². The van der Waals surface area contributed by atoms with Gasteiger partial charge in [0.1, 0.15) is 5.75 Å². The summed E-state index contributed by atoms with van der Waals surface area (Å²) in [5, 5.41) is 12.3. The Hall–Kier alpha value is -1.83. The molecule has 0 saturated heterocycles. The van der Waals surface area contributed by atoms with Gasteiger partial charge in [-0.1, -0.05) is 25.0 Å². The molecule has 0 amide bonds. The van der Waals surface area contributed by atoms with Gasteiger partial charge in [0, 0.05) is 18.1 Å². The number of aromatic nitrogens is 1. The lowest BCUT2D eigenvalue weighted by molar-refractivity contribution is 0.299. The number of aromatic hydroxyl groups is 1. The quantitative estimate of drug-likeness (QED) is 0.858. The summed E-state index contributed by atoms with van der Waals surface area (Å²) in [4.78, 5) is 6.42. The summed E-state index contributed by atoms with van der Waals surface area (Å²) < 4.78 is 0. The molecule has 2 aromatic rings. The Morgan fingerprint density at radius 3 is 3.00 bits per heavy atom. The average molecular weight is 286 g/mol. The van der Waals surface area contributed by atoms with Crippen LogP contribution in [-0.4, -0.2) is 28.1 Å². The maximum absolute atomic E-state index is 9.50. The van der Waals surface area contributed by atoms with Crippen LogP contribution in [0, 0.1) is 11.8 Å². The molecular weight excluding hydrogens is 268 g/mol. The van der Waals surface area contributed by atoms with Crippen LogP contribution in [0.5, 0.6) is 5.75 Å². The maximum Gasteiger partial charge on any atom is 0.166 e. The fourth-order valence-electron chi connectivity index (χ4n) is 1.96. The van der Waals surface area contributed by atoms with Crippen LogP contribution in [0.25, 0.3) is 0 Å². The van der Waals surface area contributed by atoms with E-state index in [-0.39, 0.29) is 0 Å². The van der Waals surface area contributed by atoms with Crippen LogP contribution >= 0.6 is 11.3 Å². The number of phenols is 1. The number of hydrogen-bond acceptors (Lipinski definition) is 4. The van der Waals surface area contributed by atoms with Crippen LogP contribution in [0.2, 0.25) is 0 Å². The highest BCUT2D eigenvalue weighted by Crippen LogP contribution is 2.13. The normalized spacial score (nSPS) is 10.3. The van der Waals surface area contributed by atoms with E-state index >= 15 is 0 Å². The van der Waals surface area contributed by atoms with Crippen molar-refractivity contribution in [2.75, 3.05) is 13.1 Å². The Bertz CT molecular complexity index is 584. The zero-order valence-corrected chi connectivity index (χ0v) is 12.4. The Balaban J connectivity index is 1.96. The van der Waals surface area contributed by atoms with Crippen LogP contribution in [0.3, 0.4) is 0 Å². The molecule has 0 atom stereocenters. The molecule has 0 saturated carbocycles. The van der Waals surface area contributed by atoms with Crippen molar-refractivity contribution in [2.24, 2.45) is 0 Å². The van der Waals surface area contributed by atoms with Crippen LogP contribution < -0.4 is 0 Å². The highest BCUT2D eigenvalue weighted by Gasteiger charge is 2.04. The van der Waals surface area contributed by atoms with Gasteiger partial charge in [-0.2, -0.15) is 0 Å². The topological polar surface area (TPSA) is 36.4 Å². The summed E-state index contributed by atoms with van der Waals surface area (Å²) in [5.41, 5.74) is 1.11. The van der Waals surface area contributed by atoms with Crippen LogP contribution in [0.4, 0.5) is 0 Å². The zero-order valence-electron chi connectivity index (χ0n) is 11.5. The molecule has 0 aliphatic heterocycles. The molecule has 104 valence electrons. The Kier molecular flexibility index (Phi) is 5.60. The van der Waals surface area contributed by atoms with Gasteiger partial charge in [-0.3, -0.25) is 4.90 Å². The van der Waals surface area contributed by atoms with Crippen molar-refractivity contribution in [3.8, 4) is 17.6 Å². The highest BCUT2D eigenvalue weighted by molar-refractivity contribution is 7.10. The van der Waals surface area contributed by atoms with Crippen molar-refractivity contribution in [1.82, 2.24) is 9.88 Å². The number of benzene rings is 1. The molecular formula is C16H18N2OS. The second-order valence-corrected chi connectivity index (χ2v) is 5.41. The third-order valence-corrected chi connectivity index (χ3v) is 3.48. The maximum atomic E-state index is 9.50. The highest BCUT2D eigenvalue weighted by atomic mass is 32.1. The first-order chi connectivity index (χ1) is 9.78. The predicted octanol–water partition coefficient (Wildman–Crippen LogP) is 3.11. The van der Waals surface area contributed by atoms with Gasteiger partial charge in [0.25, 0.3) is 0 Å². The van der Waals surface area contributed by atoms with E-state index in [9.17, 15) is 5.11 Å². The first-order valence-electron chi connectivity index (χ1n) is 6.66. The van der Waals surface area contributed by atoms with Gasteiger partial charge in [0.2, 0.25) is 0 Å². The minimum absolute atomic E-state index is 0.313. The summed E-state index contributed by atoms with van der Waals surface area (Å²) in [6.45, 7) is 4.66. The summed E-state index contributed by atoms with van der Waals surface area (Å²) in [7, 11) is 0. The molecule has 0 aliphatic carbocycles. The van der Waals surface area contributed by atoms with Gasteiger partial charge in [0.05, 0.1) is 6.54 Å². The van der Waals surface area contributed by atoms with Gasteiger partial charge >= 0.3 is 0 Å². The molecule has 0 radical (unpaired) electrons. The predicted molar refractivity (Wildman–Crippen MR) is 82.7 cm³/mol. The molecule has 0 unspecified atom stereocenters. The summed E-state index contributed by atoms with van der Waals surface area (Å²) >= 11 is 1.56. The lowest BCUT2D eigenvalue weighted by Gasteiger charge is -2.18. The fraction of sp³-hybridized carbons (Fsp3) is 0.312. The molecule has 0 spiro atoms.